The SMILES string of the molecule is CCCCCCCCCCCC/N=C1/SC(C)CN1C(=S)Nc1cccc(Cl)c1. The summed E-state index contributed by atoms with van der Waals surface area (Å²) in [6.45, 7) is 6.29. The van der Waals surface area contributed by atoms with E-state index < -0.39 is 0 Å². The lowest BCUT2D eigenvalue weighted by molar-refractivity contribution is 0.557. The van der Waals surface area contributed by atoms with E-state index in [9.17, 15) is 0 Å². The Morgan fingerprint density at radius 2 is 1.79 bits per heavy atom. The summed E-state index contributed by atoms with van der Waals surface area (Å²) in [6.07, 6.45) is 13.5. The van der Waals surface area contributed by atoms with Crippen LogP contribution < -0.4 is 5.32 Å². The highest BCUT2D eigenvalue weighted by Gasteiger charge is 2.28. The minimum atomic E-state index is 0.501. The molecule has 0 saturated carbocycles. The van der Waals surface area contributed by atoms with E-state index in [0.29, 0.717) is 15.4 Å². The summed E-state index contributed by atoms with van der Waals surface area (Å²) in [7, 11) is 0. The fourth-order valence-electron chi connectivity index (χ4n) is 3.44. The standard InChI is InChI=1S/C23H36ClN3S2/c1-3-4-5-6-7-8-9-10-11-12-16-25-23-27(18-19(2)29-23)22(28)26-21-15-13-14-20(24)17-21/h13-15,17,19H,3-12,16,18H2,1-2H3,(H,26,28)/b25-23+. The Labute approximate surface area is 192 Å². The molecular weight excluding hydrogens is 418 g/mol. The van der Waals surface area contributed by atoms with Gasteiger partial charge in [-0.3, -0.25) is 9.89 Å². The van der Waals surface area contributed by atoms with Crippen LogP contribution in [0.4, 0.5) is 5.69 Å². The molecule has 3 nitrogen and oxygen atoms in total. The molecule has 1 aliphatic heterocycles. The second-order valence-corrected chi connectivity index (χ2v) is 10.1. The zero-order chi connectivity index (χ0) is 20.9. The summed E-state index contributed by atoms with van der Waals surface area (Å²) in [5.41, 5.74) is 0.918. The monoisotopic (exact) mass is 453 g/mol. The van der Waals surface area contributed by atoms with E-state index in [1.54, 1.807) is 0 Å². The number of benzene rings is 1. The largest absolute Gasteiger partial charge is 0.332 e. The van der Waals surface area contributed by atoms with Crippen LogP contribution in [0.3, 0.4) is 0 Å². The molecule has 0 aromatic heterocycles. The van der Waals surface area contributed by atoms with E-state index in [2.05, 4.69) is 24.1 Å². The van der Waals surface area contributed by atoms with Crippen molar-refractivity contribution >= 4 is 51.5 Å². The highest BCUT2D eigenvalue weighted by molar-refractivity contribution is 8.14. The zero-order valence-corrected chi connectivity index (χ0v) is 20.3. The van der Waals surface area contributed by atoms with Gasteiger partial charge in [0.15, 0.2) is 10.3 Å². The van der Waals surface area contributed by atoms with Crippen LogP contribution in [0.25, 0.3) is 0 Å². The number of aliphatic imine (C=N–C) groups is 1. The minimum absolute atomic E-state index is 0.501. The number of nitrogens with zero attached hydrogens (tertiary/aromatic N) is 2. The first-order valence-corrected chi connectivity index (χ1v) is 12.8. The lowest BCUT2D eigenvalue weighted by Crippen LogP contribution is -2.36. The van der Waals surface area contributed by atoms with Gasteiger partial charge in [0.2, 0.25) is 0 Å². The van der Waals surface area contributed by atoms with Crippen molar-refractivity contribution in [1.29, 1.82) is 0 Å². The summed E-state index contributed by atoms with van der Waals surface area (Å²) in [5.74, 6) is 0. The van der Waals surface area contributed by atoms with Crippen LogP contribution in [0, 0.1) is 0 Å². The first kappa shape index (κ1) is 24.5. The van der Waals surface area contributed by atoms with Gasteiger partial charge in [-0.05, 0) is 36.8 Å². The maximum absolute atomic E-state index is 6.07. The van der Waals surface area contributed by atoms with Crippen LogP contribution in [0.1, 0.15) is 78.1 Å². The molecule has 162 valence electrons. The molecule has 0 aliphatic carbocycles. The lowest BCUT2D eigenvalue weighted by atomic mass is 10.1. The summed E-state index contributed by atoms with van der Waals surface area (Å²) >= 11 is 13.5. The van der Waals surface area contributed by atoms with Gasteiger partial charge in [0.1, 0.15) is 0 Å². The second kappa shape index (κ2) is 14.3. The van der Waals surface area contributed by atoms with Gasteiger partial charge in [0.05, 0.1) is 0 Å². The number of anilines is 1. The van der Waals surface area contributed by atoms with Gasteiger partial charge in [-0.1, -0.05) is 101 Å². The van der Waals surface area contributed by atoms with E-state index in [4.69, 9.17) is 28.8 Å². The fourth-order valence-corrected chi connectivity index (χ4v) is 5.01. The minimum Gasteiger partial charge on any atom is -0.332 e. The Morgan fingerprint density at radius 3 is 2.45 bits per heavy atom. The molecule has 1 aromatic carbocycles. The van der Waals surface area contributed by atoms with Gasteiger partial charge in [-0.15, -0.1) is 0 Å². The molecule has 1 saturated heterocycles. The molecular formula is C23H36ClN3S2. The number of nitrogens with one attached hydrogen (secondary N) is 1. The number of thioether (sulfide) groups is 1. The summed E-state index contributed by atoms with van der Waals surface area (Å²) in [6, 6.07) is 7.66. The average molecular weight is 454 g/mol. The van der Waals surface area contributed by atoms with Crippen molar-refractivity contribution in [2.24, 2.45) is 4.99 Å². The van der Waals surface area contributed by atoms with E-state index in [1.807, 2.05) is 36.0 Å². The number of amidine groups is 1. The number of unbranched alkanes of at least 4 members (excludes halogenated alkanes) is 9. The maximum Gasteiger partial charge on any atom is 0.179 e. The number of thiocarbonyl (C=S) groups is 1. The van der Waals surface area contributed by atoms with Gasteiger partial charge < -0.3 is 5.32 Å². The fraction of sp³-hybridized carbons (Fsp3) is 0.652. The van der Waals surface area contributed by atoms with Crippen molar-refractivity contribution in [3.8, 4) is 0 Å². The molecule has 6 heteroatoms. The number of halogens is 1. The molecule has 0 bridgehead atoms. The molecule has 0 radical (unpaired) electrons. The van der Waals surface area contributed by atoms with Gasteiger partial charge in [-0.25, -0.2) is 0 Å². The molecule has 1 aromatic rings. The molecule has 29 heavy (non-hydrogen) atoms. The van der Waals surface area contributed by atoms with Crippen molar-refractivity contribution in [1.82, 2.24) is 4.90 Å². The average Bonchev–Trinajstić information content (AvgIpc) is 3.07. The smallest absolute Gasteiger partial charge is 0.179 e. The third-order valence-electron chi connectivity index (χ3n) is 5.06. The third-order valence-corrected chi connectivity index (χ3v) is 6.73. The van der Waals surface area contributed by atoms with Gasteiger partial charge in [0, 0.05) is 29.0 Å². The molecule has 1 atom stereocenters. The van der Waals surface area contributed by atoms with Crippen LogP contribution in [-0.4, -0.2) is 33.5 Å². The molecule has 1 heterocycles. The Hall–Kier alpha value is -0.780. The second-order valence-electron chi connectivity index (χ2n) is 7.83. The van der Waals surface area contributed by atoms with Gasteiger partial charge >= 0.3 is 0 Å². The maximum atomic E-state index is 6.07. The number of hydrogen-bond donors (Lipinski definition) is 1. The highest BCUT2D eigenvalue weighted by Crippen LogP contribution is 2.27. The van der Waals surface area contributed by atoms with Crippen LogP contribution in [-0.2, 0) is 0 Å². The highest BCUT2D eigenvalue weighted by atomic mass is 35.5. The normalized spacial score (nSPS) is 17.8. The third kappa shape index (κ3) is 9.71. The number of rotatable bonds is 12. The van der Waals surface area contributed by atoms with Crippen molar-refractivity contribution in [2.45, 2.75) is 83.3 Å². The number of hydrogen-bond acceptors (Lipinski definition) is 3. The van der Waals surface area contributed by atoms with E-state index >= 15 is 0 Å². The van der Waals surface area contributed by atoms with Crippen LogP contribution in [0.15, 0.2) is 29.3 Å². The topological polar surface area (TPSA) is 27.6 Å². The quantitative estimate of drug-likeness (QED) is 0.258. The predicted octanol–water partition coefficient (Wildman–Crippen LogP) is 7.75. The van der Waals surface area contributed by atoms with Crippen molar-refractivity contribution in [2.75, 3.05) is 18.4 Å². The summed E-state index contributed by atoms with van der Waals surface area (Å²) in [4.78, 5) is 6.98. The molecule has 1 aliphatic rings. The first-order chi connectivity index (χ1) is 14.1. The molecule has 1 fully saturated rings. The Bertz CT molecular complexity index is 651. The molecule has 0 spiro atoms. The Kier molecular flexibility index (Phi) is 12.0. The Morgan fingerprint density at radius 1 is 1.14 bits per heavy atom. The van der Waals surface area contributed by atoms with Gasteiger partial charge in [-0.2, -0.15) is 0 Å². The van der Waals surface area contributed by atoms with Crippen LogP contribution in [0.2, 0.25) is 5.02 Å². The van der Waals surface area contributed by atoms with Crippen molar-refractivity contribution in [3.63, 3.8) is 0 Å². The van der Waals surface area contributed by atoms with E-state index in [1.165, 1.54) is 57.8 Å². The zero-order valence-electron chi connectivity index (χ0n) is 18.0. The lowest BCUT2D eigenvalue weighted by Gasteiger charge is -2.20. The van der Waals surface area contributed by atoms with E-state index in [0.717, 1.165) is 30.4 Å². The van der Waals surface area contributed by atoms with Crippen LogP contribution in [0.5, 0.6) is 0 Å². The molecule has 0 amide bonds. The predicted molar refractivity (Wildman–Crippen MR) is 136 cm³/mol. The first-order valence-electron chi connectivity index (χ1n) is 11.2. The van der Waals surface area contributed by atoms with E-state index in [-0.39, 0.29) is 0 Å². The molecule has 1 unspecified atom stereocenters. The van der Waals surface area contributed by atoms with Crippen molar-refractivity contribution in [3.05, 3.63) is 29.3 Å². The molecule has 2 rings (SSSR count). The summed E-state index contributed by atoms with van der Waals surface area (Å²) in [5, 5.41) is 6.25. The van der Waals surface area contributed by atoms with Crippen molar-refractivity contribution < 1.29 is 0 Å². The van der Waals surface area contributed by atoms with Gasteiger partial charge in [0.25, 0.3) is 0 Å². The Balaban J connectivity index is 1.67. The van der Waals surface area contributed by atoms with Crippen LogP contribution >= 0.6 is 35.6 Å². The summed E-state index contributed by atoms with van der Waals surface area (Å²) < 4.78 is 0. The molecule has 1 N–H and O–H groups in total.